The number of carbonyl (C=O) groups is 2. The molecular weight excluding hydrogens is 399 g/mol. The zero-order chi connectivity index (χ0) is 20.9. The summed E-state index contributed by atoms with van der Waals surface area (Å²) in [4.78, 5) is 23.6. The van der Waals surface area contributed by atoms with Gasteiger partial charge in [0.2, 0.25) is 0 Å². The van der Waals surface area contributed by atoms with Gasteiger partial charge in [0, 0.05) is 6.07 Å². The summed E-state index contributed by atoms with van der Waals surface area (Å²) in [6.07, 6.45) is -1.88. The molecule has 10 heteroatoms. The lowest BCUT2D eigenvalue weighted by Crippen LogP contribution is -2.30. The van der Waals surface area contributed by atoms with Crippen LogP contribution >= 0.6 is 0 Å². The molecule has 1 N–H and O–H groups in total. The van der Waals surface area contributed by atoms with E-state index in [0.717, 1.165) is 36.4 Å². The maximum atomic E-state index is 13.5. The lowest BCUT2D eigenvalue weighted by Gasteiger charge is -2.14. The average molecular weight is 415 g/mol. The van der Waals surface area contributed by atoms with Gasteiger partial charge in [-0.25, -0.2) is 21.6 Å². The summed E-state index contributed by atoms with van der Waals surface area (Å²) in [7, 11) is -3.84. The molecule has 0 saturated carbocycles. The van der Waals surface area contributed by atoms with Crippen molar-refractivity contribution in [1.29, 1.82) is 0 Å². The largest absolute Gasteiger partial charge is 0.453 e. The Morgan fingerprint density at radius 2 is 1.64 bits per heavy atom. The van der Waals surface area contributed by atoms with Crippen LogP contribution in [0.3, 0.4) is 0 Å². The third-order valence-electron chi connectivity index (χ3n) is 3.61. The fourth-order valence-electron chi connectivity index (χ4n) is 2.11. The van der Waals surface area contributed by atoms with E-state index < -0.39 is 57.4 Å². The van der Waals surface area contributed by atoms with Crippen LogP contribution in [0.5, 0.6) is 0 Å². The van der Waals surface area contributed by atoms with E-state index >= 15 is 0 Å². The lowest BCUT2D eigenvalue weighted by molar-refractivity contribution is -0.152. The van der Waals surface area contributed by atoms with Crippen LogP contribution in [0.1, 0.15) is 13.3 Å². The summed E-state index contributed by atoms with van der Waals surface area (Å²) in [6.45, 7) is 1.21. The van der Waals surface area contributed by atoms with E-state index in [-0.39, 0.29) is 10.6 Å². The predicted octanol–water partition coefficient (Wildman–Crippen LogP) is 2.84. The Morgan fingerprint density at radius 3 is 2.25 bits per heavy atom. The number of anilines is 1. The topological polar surface area (TPSA) is 89.5 Å². The number of halogens is 3. The maximum absolute atomic E-state index is 13.5. The molecule has 2 rings (SSSR count). The van der Waals surface area contributed by atoms with Crippen LogP contribution in [0.4, 0.5) is 18.9 Å². The number of nitrogens with one attached hydrogen (secondary N) is 1. The third kappa shape index (κ3) is 5.81. The van der Waals surface area contributed by atoms with Crippen molar-refractivity contribution in [2.24, 2.45) is 0 Å². The second-order valence-electron chi connectivity index (χ2n) is 5.77. The molecule has 2 aromatic rings. The molecule has 150 valence electrons. The summed E-state index contributed by atoms with van der Waals surface area (Å²) >= 11 is 0. The van der Waals surface area contributed by atoms with Gasteiger partial charge in [0.1, 0.15) is 17.5 Å². The van der Waals surface area contributed by atoms with Gasteiger partial charge < -0.3 is 10.1 Å². The van der Waals surface area contributed by atoms with Gasteiger partial charge in [-0.3, -0.25) is 9.59 Å². The molecule has 0 radical (unpaired) electrons. The molecule has 0 saturated heterocycles. The molecule has 0 heterocycles. The number of ether oxygens (including phenoxy) is 1. The second-order valence-corrected chi connectivity index (χ2v) is 7.88. The minimum Gasteiger partial charge on any atom is -0.453 e. The van der Waals surface area contributed by atoms with E-state index in [1.165, 1.54) is 6.92 Å². The van der Waals surface area contributed by atoms with Gasteiger partial charge in [-0.05, 0) is 43.3 Å². The molecule has 0 bridgehead atoms. The van der Waals surface area contributed by atoms with Crippen LogP contribution < -0.4 is 5.32 Å². The molecule has 1 amide bonds. The summed E-state index contributed by atoms with van der Waals surface area (Å²) in [5.74, 6) is -4.86. The van der Waals surface area contributed by atoms with Crippen LogP contribution in [0.15, 0.2) is 47.4 Å². The molecule has 0 aliphatic carbocycles. The number of sulfone groups is 1. The van der Waals surface area contributed by atoms with Crippen LogP contribution in [-0.4, -0.2) is 32.2 Å². The number of benzene rings is 2. The van der Waals surface area contributed by atoms with Crippen LogP contribution in [0.25, 0.3) is 0 Å². The first-order valence-electron chi connectivity index (χ1n) is 8.02. The fraction of sp³-hybridized carbons (Fsp3) is 0.222. The van der Waals surface area contributed by atoms with Crippen molar-refractivity contribution < 1.29 is 35.9 Å². The minimum absolute atomic E-state index is 0.153. The lowest BCUT2D eigenvalue weighted by atomic mass is 10.2. The molecule has 0 aliphatic rings. The first-order chi connectivity index (χ1) is 13.1. The smallest absolute Gasteiger partial charge is 0.307 e. The highest BCUT2D eigenvalue weighted by molar-refractivity contribution is 7.91. The standard InChI is InChI=1S/C18H16F3NO5S/c1-11(18(24)22-16-7-4-13(20)10-15(16)21)27-17(23)8-9-28(25,26)14-5-2-12(19)3-6-14/h2-7,10-11H,8-9H2,1H3,(H,22,24)/t11-/m1/s1. The molecular formula is C18H16F3NO5S. The number of carbonyl (C=O) groups excluding carboxylic acids is 2. The normalized spacial score (nSPS) is 12.3. The fourth-order valence-corrected chi connectivity index (χ4v) is 3.33. The molecule has 0 aromatic heterocycles. The van der Waals surface area contributed by atoms with Gasteiger partial charge in [-0.2, -0.15) is 0 Å². The minimum atomic E-state index is -3.84. The zero-order valence-corrected chi connectivity index (χ0v) is 15.4. The molecule has 0 fully saturated rings. The summed E-state index contributed by atoms with van der Waals surface area (Å²) in [5, 5.41) is 2.13. The van der Waals surface area contributed by atoms with Crippen molar-refractivity contribution in [2.45, 2.75) is 24.3 Å². The van der Waals surface area contributed by atoms with E-state index in [4.69, 9.17) is 4.74 Å². The van der Waals surface area contributed by atoms with Gasteiger partial charge in [0.15, 0.2) is 15.9 Å². The van der Waals surface area contributed by atoms with E-state index in [1.807, 2.05) is 0 Å². The van der Waals surface area contributed by atoms with Crippen LogP contribution in [0, 0.1) is 17.5 Å². The molecule has 0 unspecified atom stereocenters. The highest BCUT2D eigenvalue weighted by Crippen LogP contribution is 2.16. The molecule has 0 aliphatic heterocycles. The Labute approximate surface area is 159 Å². The third-order valence-corrected chi connectivity index (χ3v) is 5.35. The molecule has 2 aromatic carbocycles. The summed E-state index contributed by atoms with van der Waals surface area (Å²) < 4.78 is 68.2. The first-order valence-corrected chi connectivity index (χ1v) is 9.67. The summed E-state index contributed by atoms with van der Waals surface area (Å²) in [5.41, 5.74) is -0.298. The number of hydrogen-bond donors (Lipinski definition) is 1. The van der Waals surface area contributed by atoms with Gasteiger partial charge >= 0.3 is 5.97 Å². The maximum Gasteiger partial charge on any atom is 0.307 e. The molecule has 28 heavy (non-hydrogen) atoms. The number of hydrogen-bond acceptors (Lipinski definition) is 5. The number of rotatable bonds is 7. The highest BCUT2D eigenvalue weighted by Gasteiger charge is 2.22. The number of amides is 1. The zero-order valence-electron chi connectivity index (χ0n) is 14.6. The Kier molecular flexibility index (Phi) is 6.79. The Hall–Kier alpha value is -2.88. The monoisotopic (exact) mass is 415 g/mol. The Balaban J connectivity index is 1.89. The Morgan fingerprint density at radius 1 is 1.04 bits per heavy atom. The van der Waals surface area contributed by atoms with Gasteiger partial charge in [-0.1, -0.05) is 0 Å². The Bertz CT molecular complexity index is 977. The van der Waals surface area contributed by atoms with Crippen molar-refractivity contribution in [1.82, 2.24) is 0 Å². The van der Waals surface area contributed by atoms with E-state index in [9.17, 15) is 31.2 Å². The van der Waals surface area contributed by atoms with Crippen molar-refractivity contribution in [3.05, 3.63) is 59.9 Å². The quantitative estimate of drug-likeness (QED) is 0.555. The van der Waals surface area contributed by atoms with Crippen molar-refractivity contribution in [3.63, 3.8) is 0 Å². The van der Waals surface area contributed by atoms with E-state index in [1.54, 1.807) is 0 Å². The van der Waals surface area contributed by atoms with Crippen molar-refractivity contribution >= 4 is 27.4 Å². The van der Waals surface area contributed by atoms with E-state index in [0.29, 0.717) is 6.07 Å². The van der Waals surface area contributed by atoms with Crippen molar-refractivity contribution in [2.75, 3.05) is 11.1 Å². The second kappa shape index (κ2) is 8.87. The van der Waals surface area contributed by atoms with Gasteiger partial charge in [0.25, 0.3) is 5.91 Å². The molecule has 0 spiro atoms. The van der Waals surface area contributed by atoms with Crippen LogP contribution in [-0.2, 0) is 24.2 Å². The van der Waals surface area contributed by atoms with Gasteiger partial charge in [0.05, 0.1) is 22.8 Å². The highest BCUT2D eigenvalue weighted by atomic mass is 32.2. The van der Waals surface area contributed by atoms with Crippen LogP contribution in [0.2, 0.25) is 0 Å². The summed E-state index contributed by atoms with van der Waals surface area (Å²) in [6, 6.07) is 6.62. The van der Waals surface area contributed by atoms with E-state index in [2.05, 4.69) is 5.32 Å². The molecule has 1 atom stereocenters. The van der Waals surface area contributed by atoms with Crippen molar-refractivity contribution in [3.8, 4) is 0 Å². The average Bonchev–Trinajstić information content (AvgIpc) is 2.62. The number of esters is 1. The SMILES string of the molecule is C[C@@H](OC(=O)CCS(=O)(=O)c1ccc(F)cc1)C(=O)Nc1ccc(F)cc1F. The first kappa shape index (κ1) is 21.4. The predicted molar refractivity (Wildman–Crippen MR) is 93.6 cm³/mol. The van der Waals surface area contributed by atoms with Gasteiger partial charge in [-0.15, -0.1) is 0 Å². The molecule has 6 nitrogen and oxygen atoms in total.